The van der Waals surface area contributed by atoms with E-state index in [0.29, 0.717) is 34.5 Å². The van der Waals surface area contributed by atoms with Crippen molar-refractivity contribution in [1.29, 1.82) is 0 Å². The maximum absolute atomic E-state index is 8.63. The fraction of sp³-hybridized carbons (Fsp3) is 0. The van der Waals surface area contributed by atoms with Gasteiger partial charge in [-0.2, -0.15) is 0 Å². The van der Waals surface area contributed by atoms with Crippen LogP contribution in [0.15, 0.2) is 182 Å². The number of hydrogen-bond donors (Lipinski definition) is 6. The van der Waals surface area contributed by atoms with Crippen LogP contribution in [-0.2, 0) is 17.1 Å². The molecule has 0 unspecified atom stereocenters. The predicted molar refractivity (Wildman–Crippen MR) is 169 cm³/mol. The Morgan fingerprint density at radius 2 is 0.279 bits per heavy atom. The Kier molecular flexibility index (Phi) is 22.4. The molecule has 43 heavy (non-hydrogen) atoms. The number of aromatic hydroxyl groups is 6. The summed E-state index contributed by atoms with van der Waals surface area (Å²) in [5, 5.41) is 51.8. The van der Waals surface area contributed by atoms with E-state index < -0.39 is 0 Å². The predicted octanol–water partition coefficient (Wildman–Crippen LogP) is 8.35. The monoisotopic (exact) mass is 620 g/mol. The summed E-state index contributed by atoms with van der Waals surface area (Å²) < 4.78 is 0. The van der Waals surface area contributed by atoms with Crippen molar-refractivity contribution in [2.24, 2.45) is 0 Å². The van der Waals surface area contributed by atoms with E-state index in [1.54, 1.807) is 146 Å². The number of benzene rings is 6. The molecule has 6 nitrogen and oxygen atoms in total. The molecule has 0 atom stereocenters. The fourth-order valence-corrected chi connectivity index (χ4v) is 2.57. The molecule has 7 heteroatoms. The Hall–Kier alpha value is -5.36. The van der Waals surface area contributed by atoms with Gasteiger partial charge in [-0.1, -0.05) is 109 Å². The van der Waals surface area contributed by atoms with Gasteiger partial charge in [0.05, 0.1) is 0 Å². The summed E-state index contributed by atoms with van der Waals surface area (Å²) in [6.07, 6.45) is 0. The quantitative estimate of drug-likeness (QED) is 0.0950. The smallest absolute Gasteiger partial charge is 0.115 e. The molecule has 0 heterocycles. The molecule has 224 valence electrons. The van der Waals surface area contributed by atoms with Crippen molar-refractivity contribution >= 4 is 0 Å². The summed E-state index contributed by atoms with van der Waals surface area (Å²) >= 11 is 0. The van der Waals surface area contributed by atoms with Crippen molar-refractivity contribution in [2.45, 2.75) is 0 Å². The molecular formula is C36H36FeO6. The van der Waals surface area contributed by atoms with Crippen LogP contribution in [0.4, 0.5) is 0 Å². The molecule has 0 aliphatic rings. The average Bonchev–Trinajstić information content (AvgIpc) is 3.01. The molecule has 0 amide bonds. The molecule has 0 radical (unpaired) electrons. The summed E-state index contributed by atoms with van der Waals surface area (Å²) in [5.74, 6) is 1.93. The van der Waals surface area contributed by atoms with E-state index in [0.717, 1.165) is 0 Å². The number of rotatable bonds is 0. The largest absolute Gasteiger partial charge is 0.508 e. The van der Waals surface area contributed by atoms with E-state index in [1.165, 1.54) is 0 Å². The summed E-state index contributed by atoms with van der Waals surface area (Å²) in [7, 11) is 0. The third-order valence-electron chi connectivity index (χ3n) is 4.54. The molecule has 0 saturated carbocycles. The van der Waals surface area contributed by atoms with Gasteiger partial charge in [-0.05, 0) is 72.8 Å². The van der Waals surface area contributed by atoms with E-state index in [2.05, 4.69) is 0 Å². The topological polar surface area (TPSA) is 121 Å². The summed E-state index contributed by atoms with van der Waals surface area (Å²) in [6, 6.07) is 52.3. The zero-order valence-corrected chi connectivity index (χ0v) is 24.5. The second kappa shape index (κ2) is 25.6. The van der Waals surface area contributed by atoms with Crippen molar-refractivity contribution in [3.8, 4) is 34.5 Å². The summed E-state index contributed by atoms with van der Waals surface area (Å²) in [5.41, 5.74) is 0. The van der Waals surface area contributed by atoms with Crippen LogP contribution < -0.4 is 0 Å². The van der Waals surface area contributed by atoms with Gasteiger partial charge in [0.1, 0.15) is 34.5 Å². The van der Waals surface area contributed by atoms with Gasteiger partial charge in [0.15, 0.2) is 0 Å². The van der Waals surface area contributed by atoms with Crippen molar-refractivity contribution < 1.29 is 47.7 Å². The van der Waals surface area contributed by atoms with E-state index >= 15 is 0 Å². The van der Waals surface area contributed by atoms with Crippen LogP contribution in [0.2, 0.25) is 0 Å². The SMILES string of the molecule is Oc1ccccc1.Oc1ccccc1.Oc1ccccc1.Oc1ccccc1.Oc1ccccc1.Oc1ccccc1.[Fe]. The molecule has 6 aromatic carbocycles. The Morgan fingerprint density at radius 1 is 0.186 bits per heavy atom. The summed E-state index contributed by atoms with van der Waals surface area (Å²) in [6.45, 7) is 0. The third-order valence-corrected chi connectivity index (χ3v) is 4.54. The number of hydrogen-bond acceptors (Lipinski definition) is 6. The Morgan fingerprint density at radius 3 is 0.326 bits per heavy atom. The molecule has 0 bridgehead atoms. The molecule has 0 aliphatic carbocycles. The molecular weight excluding hydrogens is 584 g/mol. The normalized spacial score (nSPS) is 8.37. The van der Waals surface area contributed by atoms with Gasteiger partial charge in [0, 0.05) is 17.1 Å². The molecule has 6 rings (SSSR count). The van der Waals surface area contributed by atoms with Crippen molar-refractivity contribution in [2.75, 3.05) is 0 Å². The van der Waals surface area contributed by atoms with Crippen LogP contribution in [0.25, 0.3) is 0 Å². The van der Waals surface area contributed by atoms with Crippen LogP contribution in [-0.4, -0.2) is 30.6 Å². The Bertz CT molecular complexity index is 1100. The van der Waals surface area contributed by atoms with Crippen molar-refractivity contribution in [3.05, 3.63) is 182 Å². The second-order valence-electron chi connectivity index (χ2n) is 8.01. The van der Waals surface area contributed by atoms with Gasteiger partial charge in [0.25, 0.3) is 0 Å². The van der Waals surface area contributed by atoms with Gasteiger partial charge in [-0.15, -0.1) is 0 Å². The molecule has 0 spiro atoms. The van der Waals surface area contributed by atoms with Gasteiger partial charge >= 0.3 is 0 Å². The zero-order chi connectivity index (χ0) is 30.7. The number of para-hydroxylation sites is 6. The zero-order valence-electron chi connectivity index (χ0n) is 23.4. The van der Waals surface area contributed by atoms with E-state index in [-0.39, 0.29) is 17.1 Å². The van der Waals surface area contributed by atoms with E-state index in [4.69, 9.17) is 30.6 Å². The Labute approximate surface area is 263 Å². The van der Waals surface area contributed by atoms with E-state index in [1.807, 2.05) is 36.4 Å². The van der Waals surface area contributed by atoms with Gasteiger partial charge in [-0.25, -0.2) is 0 Å². The first-order chi connectivity index (χ1) is 20.4. The minimum atomic E-state index is 0. The standard InChI is InChI=1S/6C6H6O.Fe/c6*7-6-4-2-1-3-5-6;/h6*1-5,7H;. The first kappa shape index (κ1) is 37.6. The first-order valence-electron chi connectivity index (χ1n) is 12.8. The molecule has 0 aromatic heterocycles. The van der Waals surface area contributed by atoms with Crippen molar-refractivity contribution in [3.63, 3.8) is 0 Å². The Balaban J connectivity index is 0.000000490. The average molecular weight is 621 g/mol. The van der Waals surface area contributed by atoms with Crippen LogP contribution >= 0.6 is 0 Å². The van der Waals surface area contributed by atoms with Gasteiger partial charge in [-0.3, -0.25) is 0 Å². The summed E-state index contributed by atoms with van der Waals surface area (Å²) in [4.78, 5) is 0. The number of phenolic OH excluding ortho intramolecular Hbond substituents is 6. The first-order valence-corrected chi connectivity index (χ1v) is 12.8. The minimum Gasteiger partial charge on any atom is -0.508 e. The van der Waals surface area contributed by atoms with Crippen LogP contribution in [0.1, 0.15) is 0 Å². The maximum Gasteiger partial charge on any atom is 0.115 e. The van der Waals surface area contributed by atoms with E-state index in [9.17, 15) is 0 Å². The molecule has 6 aromatic rings. The minimum absolute atomic E-state index is 0. The van der Waals surface area contributed by atoms with Crippen LogP contribution in [0, 0.1) is 0 Å². The van der Waals surface area contributed by atoms with Gasteiger partial charge < -0.3 is 30.6 Å². The molecule has 0 saturated heterocycles. The van der Waals surface area contributed by atoms with Crippen LogP contribution in [0.5, 0.6) is 34.5 Å². The van der Waals surface area contributed by atoms with Crippen molar-refractivity contribution in [1.82, 2.24) is 0 Å². The maximum atomic E-state index is 8.63. The molecule has 0 fully saturated rings. The second-order valence-corrected chi connectivity index (χ2v) is 8.01. The molecule has 0 aliphatic heterocycles. The van der Waals surface area contributed by atoms with Crippen LogP contribution in [0.3, 0.4) is 0 Å². The molecule has 6 N–H and O–H groups in total. The van der Waals surface area contributed by atoms with Gasteiger partial charge in [0.2, 0.25) is 0 Å². The third kappa shape index (κ3) is 24.2. The fourth-order valence-electron chi connectivity index (χ4n) is 2.57. The number of phenols is 6.